The number of non-ortho nitro benzene ring substituents is 1. The predicted molar refractivity (Wildman–Crippen MR) is 127 cm³/mol. The summed E-state index contributed by atoms with van der Waals surface area (Å²) in [5.74, 6) is 0.918. The predicted octanol–water partition coefficient (Wildman–Crippen LogP) is 5.14. The van der Waals surface area contributed by atoms with Crippen molar-refractivity contribution in [3.05, 3.63) is 100 Å². The molecule has 0 spiro atoms. The summed E-state index contributed by atoms with van der Waals surface area (Å²) in [4.78, 5) is 26.2. The normalized spacial score (nSPS) is 14.3. The van der Waals surface area contributed by atoms with E-state index < -0.39 is 4.92 Å². The molecule has 34 heavy (non-hydrogen) atoms. The molecule has 8 nitrogen and oxygen atoms in total. The van der Waals surface area contributed by atoms with Crippen molar-refractivity contribution in [2.45, 2.75) is 19.3 Å². The summed E-state index contributed by atoms with van der Waals surface area (Å²) >= 11 is 0. The maximum atomic E-state index is 13.6. The van der Waals surface area contributed by atoms with E-state index in [-0.39, 0.29) is 11.6 Å². The molecule has 0 unspecified atom stereocenters. The molecule has 2 aromatic heterocycles. The summed E-state index contributed by atoms with van der Waals surface area (Å²) in [6, 6.07) is 21.8. The number of hydrogen-bond donors (Lipinski definition) is 0. The molecule has 1 amide bonds. The molecule has 1 aliphatic rings. The second kappa shape index (κ2) is 9.35. The Balaban J connectivity index is 1.40. The Morgan fingerprint density at radius 3 is 2.53 bits per heavy atom. The number of amides is 1. The van der Waals surface area contributed by atoms with Crippen molar-refractivity contribution < 1.29 is 14.1 Å². The van der Waals surface area contributed by atoms with Crippen molar-refractivity contribution in [3.63, 3.8) is 0 Å². The van der Waals surface area contributed by atoms with Crippen molar-refractivity contribution in [3.8, 4) is 17.1 Å². The van der Waals surface area contributed by atoms with E-state index >= 15 is 0 Å². The molecule has 0 saturated carbocycles. The Kier molecular flexibility index (Phi) is 5.95. The highest BCUT2D eigenvalue weighted by Gasteiger charge is 2.28. The van der Waals surface area contributed by atoms with Crippen LogP contribution < -0.4 is 0 Å². The van der Waals surface area contributed by atoms with Crippen molar-refractivity contribution in [1.29, 1.82) is 0 Å². The van der Waals surface area contributed by atoms with Gasteiger partial charge in [0.15, 0.2) is 5.76 Å². The van der Waals surface area contributed by atoms with Crippen LogP contribution >= 0.6 is 0 Å². The zero-order valence-corrected chi connectivity index (χ0v) is 18.5. The minimum atomic E-state index is -0.459. The average molecular weight is 457 g/mol. The van der Waals surface area contributed by atoms with Crippen LogP contribution in [-0.2, 0) is 6.42 Å². The summed E-state index contributed by atoms with van der Waals surface area (Å²) in [5, 5.41) is 15.9. The Morgan fingerprint density at radius 1 is 1.03 bits per heavy atom. The van der Waals surface area contributed by atoms with Gasteiger partial charge in [0.25, 0.3) is 11.6 Å². The second-order valence-corrected chi connectivity index (χ2v) is 8.51. The number of nitro groups is 1. The lowest BCUT2D eigenvalue weighted by molar-refractivity contribution is -0.384. The molecule has 3 heterocycles. The Morgan fingerprint density at radius 2 is 1.82 bits per heavy atom. The highest BCUT2D eigenvalue weighted by molar-refractivity contribution is 5.94. The molecule has 1 fully saturated rings. The lowest BCUT2D eigenvalue weighted by Gasteiger charge is -2.32. The molecule has 0 atom stereocenters. The Bertz CT molecular complexity index is 1290. The Labute approximate surface area is 196 Å². The van der Waals surface area contributed by atoms with Crippen LogP contribution in [0.5, 0.6) is 0 Å². The molecule has 0 aliphatic carbocycles. The lowest BCUT2D eigenvalue weighted by Crippen LogP contribution is -2.39. The zero-order valence-electron chi connectivity index (χ0n) is 18.5. The van der Waals surface area contributed by atoms with Gasteiger partial charge in [-0.3, -0.25) is 14.9 Å². The number of aromatic nitrogens is 2. The maximum absolute atomic E-state index is 13.6. The van der Waals surface area contributed by atoms with E-state index in [1.807, 2.05) is 11.0 Å². The van der Waals surface area contributed by atoms with Crippen molar-refractivity contribution in [1.82, 2.24) is 14.7 Å². The molecule has 0 radical (unpaired) electrons. The monoisotopic (exact) mass is 456 g/mol. The molecule has 172 valence electrons. The molecule has 2 aromatic carbocycles. The van der Waals surface area contributed by atoms with Crippen LogP contribution in [0.15, 0.2) is 83.5 Å². The number of nitro benzene ring substituents is 1. The number of rotatable bonds is 6. The van der Waals surface area contributed by atoms with Crippen LogP contribution in [0.2, 0.25) is 0 Å². The lowest BCUT2D eigenvalue weighted by atomic mass is 9.90. The molecular formula is C26H24N4O4. The van der Waals surface area contributed by atoms with Crippen LogP contribution in [0.4, 0.5) is 5.69 Å². The first-order valence-corrected chi connectivity index (χ1v) is 11.3. The number of furan rings is 1. The fourth-order valence-corrected chi connectivity index (χ4v) is 4.46. The third kappa shape index (κ3) is 4.47. The second-order valence-electron chi connectivity index (χ2n) is 8.51. The van der Waals surface area contributed by atoms with Crippen LogP contribution in [0.25, 0.3) is 17.1 Å². The van der Waals surface area contributed by atoms with Crippen molar-refractivity contribution in [2.24, 2.45) is 5.92 Å². The molecule has 1 aliphatic heterocycles. The van der Waals surface area contributed by atoms with Gasteiger partial charge in [-0.25, -0.2) is 4.68 Å². The van der Waals surface area contributed by atoms with E-state index in [1.54, 1.807) is 36.6 Å². The van der Waals surface area contributed by atoms with Crippen molar-refractivity contribution >= 4 is 11.6 Å². The van der Waals surface area contributed by atoms with E-state index in [1.165, 1.54) is 22.4 Å². The van der Waals surface area contributed by atoms with Gasteiger partial charge in [-0.2, -0.15) is 5.10 Å². The van der Waals surface area contributed by atoms with E-state index in [4.69, 9.17) is 4.42 Å². The van der Waals surface area contributed by atoms with Crippen LogP contribution in [-0.4, -0.2) is 38.6 Å². The summed E-state index contributed by atoms with van der Waals surface area (Å²) in [5.41, 5.74) is 2.56. The minimum absolute atomic E-state index is 0.0623. The largest absolute Gasteiger partial charge is 0.463 e. The third-order valence-electron chi connectivity index (χ3n) is 6.26. The van der Waals surface area contributed by atoms with Gasteiger partial charge in [-0.15, -0.1) is 0 Å². The van der Waals surface area contributed by atoms with Gasteiger partial charge in [-0.05, 0) is 48.9 Å². The molecule has 0 bridgehead atoms. The SMILES string of the molecule is O=C(c1cc(-c2ccco2)nn1-c1cccc([N+](=O)[O-])c1)N1CCC(Cc2ccccc2)CC1. The van der Waals surface area contributed by atoms with Crippen LogP contribution in [0, 0.1) is 16.0 Å². The molecule has 8 heteroatoms. The zero-order chi connectivity index (χ0) is 23.5. The number of hydrogen-bond acceptors (Lipinski definition) is 5. The van der Waals surface area contributed by atoms with Gasteiger partial charge in [-0.1, -0.05) is 36.4 Å². The molecule has 1 saturated heterocycles. The van der Waals surface area contributed by atoms with Gasteiger partial charge in [0.2, 0.25) is 0 Å². The fraction of sp³-hybridized carbons (Fsp3) is 0.231. The quantitative estimate of drug-likeness (QED) is 0.296. The summed E-state index contributed by atoms with van der Waals surface area (Å²) in [7, 11) is 0. The van der Waals surface area contributed by atoms with Crippen molar-refractivity contribution in [2.75, 3.05) is 13.1 Å². The van der Waals surface area contributed by atoms with Crippen LogP contribution in [0.1, 0.15) is 28.9 Å². The van der Waals surface area contributed by atoms with Gasteiger partial charge in [0, 0.05) is 31.3 Å². The average Bonchev–Trinajstić information content (AvgIpc) is 3.55. The molecule has 0 N–H and O–H groups in total. The molecule has 5 rings (SSSR count). The summed E-state index contributed by atoms with van der Waals surface area (Å²) in [6.07, 6.45) is 4.41. The van der Waals surface area contributed by atoms with E-state index in [0.717, 1.165) is 19.3 Å². The Hall–Kier alpha value is -4.20. The van der Waals surface area contributed by atoms with Gasteiger partial charge >= 0.3 is 0 Å². The highest BCUT2D eigenvalue weighted by atomic mass is 16.6. The minimum Gasteiger partial charge on any atom is -0.463 e. The van der Waals surface area contributed by atoms with E-state index in [2.05, 4.69) is 29.4 Å². The number of piperidine rings is 1. The number of benzene rings is 2. The number of carbonyl (C=O) groups is 1. The van der Waals surface area contributed by atoms with E-state index in [9.17, 15) is 14.9 Å². The van der Waals surface area contributed by atoms with Crippen LogP contribution in [0.3, 0.4) is 0 Å². The maximum Gasteiger partial charge on any atom is 0.272 e. The summed E-state index contributed by atoms with van der Waals surface area (Å²) < 4.78 is 6.95. The third-order valence-corrected chi connectivity index (χ3v) is 6.26. The first-order valence-electron chi connectivity index (χ1n) is 11.3. The summed E-state index contributed by atoms with van der Waals surface area (Å²) in [6.45, 7) is 1.32. The smallest absolute Gasteiger partial charge is 0.272 e. The number of nitrogens with zero attached hydrogens (tertiary/aromatic N) is 4. The van der Waals surface area contributed by atoms with Gasteiger partial charge in [0.1, 0.15) is 11.4 Å². The first-order chi connectivity index (χ1) is 16.6. The molecule has 4 aromatic rings. The fourth-order valence-electron chi connectivity index (χ4n) is 4.46. The topological polar surface area (TPSA) is 94.4 Å². The van der Waals surface area contributed by atoms with Gasteiger partial charge < -0.3 is 9.32 Å². The van der Waals surface area contributed by atoms with Gasteiger partial charge in [0.05, 0.1) is 16.9 Å². The number of likely N-dealkylation sites (tertiary alicyclic amines) is 1. The highest BCUT2D eigenvalue weighted by Crippen LogP contribution is 2.27. The number of carbonyl (C=O) groups excluding carboxylic acids is 1. The van der Waals surface area contributed by atoms with E-state index in [0.29, 0.717) is 41.8 Å². The standard InChI is InChI=1S/C26H24N4O4/c31-26(28-13-11-20(12-14-28)16-19-6-2-1-3-7-19)24-18-23(25-10-5-15-34-25)27-29(24)21-8-4-9-22(17-21)30(32)33/h1-10,15,17-18,20H,11-14,16H2. The first kappa shape index (κ1) is 21.6. The molecular weight excluding hydrogens is 432 g/mol.